The van der Waals surface area contributed by atoms with Crippen LogP contribution in [0, 0.1) is 0 Å². The highest BCUT2D eigenvalue weighted by Gasteiger charge is 2.17. The van der Waals surface area contributed by atoms with Crippen LogP contribution in [0.4, 0.5) is 17.2 Å². The minimum Gasteiger partial charge on any atom is -0.398 e. The van der Waals surface area contributed by atoms with E-state index in [1.165, 1.54) is 5.56 Å². The van der Waals surface area contributed by atoms with E-state index in [1.54, 1.807) is 0 Å². The van der Waals surface area contributed by atoms with Crippen LogP contribution in [0.5, 0.6) is 0 Å². The van der Waals surface area contributed by atoms with Crippen LogP contribution < -0.4 is 11.1 Å². The van der Waals surface area contributed by atoms with Crippen LogP contribution in [0.25, 0.3) is 0 Å². The first-order valence-electron chi connectivity index (χ1n) is 8.33. The molecule has 0 spiro atoms. The van der Waals surface area contributed by atoms with Crippen molar-refractivity contribution in [1.29, 1.82) is 0 Å². The monoisotopic (exact) mass is 329 g/mol. The van der Waals surface area contributed by atoms with Crippen LogP contribution in [0.3, 0.4) is 0 Å². The van der Waals surface area contributed by atoms with E-state index in [0.717, 1.165) is 40.7 Å². The molecule has 1 aliphatic rings. The summed E-state index contributed by atoms with van der Waals surface area (Å²) in [5, 5.41) is 3.41. The second kappa shape index (κ2) is 6.73. The van der Waals surface area contributed by atoms with Gasteiger partial charge in [0.25, 0.3) is 0 Å². The highest BCUT2D eigenvalue weighted by molar-refractivity contribution is 5.80. The Labute approximate surface area is 146 Å². The lowest BCUT2D eigenvalue weighted by atomic mass is 10.1. The van der Waals surface area contributed by atoms with E-state index < -0.39 is 0 Å². The normalized spacial score (nSPS) is 12.2. The van der Waals surface area contributed by atoms with Crippen molar-refractivity contribution in [3.8, 4) is 0 Å². The number of anilines is 2. The molecule has 25 heavy (non-hydrogen) atoms. The van der Waals surface area contributed by atoms with Gasteiger partial charge in [-0.1, -0.05) is 48.5 Å². The maximum Gasteiger partial charge on any atom is 0.156 e. The molecule has 0 unspecified atom stereocenters. The third-order valence-electron chi connectivity index (χ3n) is 4.21. The molecule has 0 bridgehead atoms. The molecular formula is C20H19N5. The summed E-state index contributed by atoms with van der Waals surface area (Å²) in [4.78, 5) is 13.8. The van der Waals surface area contributed by atoms with Crippen LogP contribution in [0.15, 0.2) is 59.6 Å². The van der Waals surface area contributed by atoms with Crippen molar-refractivity contribution in [2.24, 2.45) is 4.99 Å². The van der Waals surface area contributed by atoms with Crippen molar-refractivity contribution < 1.29 is 0 Å². The Morgan fingerprint density at radius 1 is 0.960 bits per heavy atom. The zero-order valence-corrected chi connectivity index (χ0v) is 13.8. The molecule has 1 aliphatic heterocycles. The van der Waals surface area contributed by atoms with Gasteiger partial charge in [-0.2, -0.15) is 0 Å². The van der Waals surface area contributed by atoms with Crippen molar-refractivity contribution in [3.05, 3.63) is 77.2 Å². The van der Waals surface area contributed by atoms with Gasteiger partial charge in [-0.05, 0) is 17.2 Å². The lowest BCUT2D eigenvalue weighted by Crippen LogP contribution is -2.07. The van der Waals surface area contributed by atoms with E-state index >= 15 is 0 Å². The Balaban J connectivity index is 1.61. The number of nitrogens with one attached hydrogen (secondary N) is 1. The van der Waals surface area contributed by atoms with Crippen molar-refractivity contribution in [3.63, 3.8) is 0 Å². The summed E-state index contributed by atoms with van der Waals surface area (Å²) in [5.41, 5.74) is 10.9. The molecule has 0 radical (unpaired) electrons. The third-order valence-corrected chi connectivity index (χ3v) is 4.21. The second-order valence-electron chi connectivity index (χ2n) is 6.01. The summed E-state index contributed by atoms with van der Waals surface area (Å²) >= 11 is 0. The van der Waals surface area contributed by atoms with Gasteiger partial charge in [0.1, 0.15) is 11.5 Å². The molecule has 124 valence electrons. The topological polar surface area (TPSA) is 76.2 Å². The predicted octanol–water partition coefficient (Wildman–Crippen LogP) is 3.52. The lowest BCUT2D eigenvalue weighted by molar-refractivity contribution is 0.934. The van der Waals surface area contributed by atoms with Gasteiger partial charge in [0.05, 0.1) is 5.69 Å². The molecule has 0 saturated heterocycles. The van der Waals surface area contributed by atoms with Crippen molar-refractivity contribution >= 4 is 23.4 Å². The maximum atomic E-state index is 6.06. The fraction of sp³-hybridized carbons (Fsp3) is 0.150. The predicted molar refractivity (Wildman–Crippen MR) is 101 cm³/mol. The van der Waals surface area contributed by atoms with Gasteiger partial charge in [0.15, 0.2) is 5.82 Å². The summed E-state index contributed by atoms with van der Waals surface area (Å²) in [7, 11) is 0. The molecule has 0 saturated carbocycles. The lowest BCUT2D eigenvalue weighted by Gasteiger charge is -2.12. The molecule has 5 heteroatoms. The van der Waals surface area contributed by atoms with Gasteiger partial charge in [-0.25, -0.2) is 9.97 Å². The van der Waals surface area contributed by atoms with E-state index in [-0.39, 0.29) is 0 Å². The Bertz CT molecular complexity index is 919. The smallest absolute Gasteiger partial charge is 0.156 e. The number of hydrogen-bond acceptors (Lipinski definition) is 5. The number of hydrogen-bond donors (Lipinski definition) is 2. The summed E-state index contributed by atoms with van der Waals surface area (Å²) in [6.45, 7) is 0.701. The molecule has 0 atom stereocenters. The average molecular weight is 329 g/mol. The number of aromatic nitrogens is 2. The van der Waals surface area contributed by atoms with Gasteiger partial charge in [0, 0.05) is 31.3 Å². The summed E-state index contributed by atoms with van der Waals surface area (Å²) in [5.74, 6) is 1.55. The fourth-order valence-electron chi connectivity index (χ4n) is 2.90. The first-order chi connectivity index (χ1) is 12.3. The molecule has 5 nitrogen and oxygen atoms in total. The molecule has 0 amide bonds. The van der Waals surface area contributed by atoms with E-state index in [4.69, 9.17) is 10.7 Å². The first kappa shape index (κ1) is 15.3. The molecule has 3 aromatic rings. The molecule has 3 N–H and O–H groups in total. The van der Waals surface area contributed by atoms with Gasteiger partial charge in [-0.3, -0.25) is 4.99 Å². The molecule has 2 heterocycles. The van der Waals surface area contributed by atoms with E-state index in [2.05, 4.69) is 27.4 Å². The summed E-state index contributed by atoms with van der Waals surface area (Å²) < 4.78 is 0. The van der Waals surface area contributed by atoms with Crippen molar-refractivity contribution in [2.45, 2.75) is 19.4 Å². The Hall–Kier alpha value is -3.21. The number of nitrogens with zero attached hydrogens (tertiary/aromatic N) is 3. The molecule has 4 rings (SSSR count). The number of rotatable bonds is 5. The molecule has 0 fully saturated rings. The number of benzene rings is 2. The number of nitrogen functional groups attached to an aromatic ring is 1. The van der Waals surface area contributed by atoms with Crippen molar-refractivity contribution in [2.75, 3.05) is 11.1 Å². The molecular weight excluding hydrogens is 310 g/mol. The Morgan fingerprint density at radius 3 is 2.60 bits per heavy atom. The fourth-order valence-corrected chi connectivity index (χ4v) is 2.90. The van der Waals surface area contributed by atoms with Crippen LogP contribution in [-0.4, -0.2) is 16.2 Å². The Morgan fingerprint density at radius 2 is 1.76 bits per heavy atom. The molecule has 0 aliphatic carbocycles. The Kier molecular flexibility index (Phi) is 4.12. The summed E-state index contributed by atoms with van der Waals surface area (Å²) in [6.07, 6.45) is 3.24. The number of fused-ring (bicyclic) bond motifs is 1. The molecule has 1 aromatic heterocycles. The van der Waals surface area contributed by atoms with Gasteiger partial charge in [0.2, 0.25) is 0 Å². The molecule has 2 aromatic carbocycles. The van der Waals surface area contributed by atoms with Crippen molar-refractivity contribution in [1.82, 2.24) is 9.97 Å². The van der Waals surface area contributed by atoms with E-state index in [1.807, 2.05) is 48.7 Å². The highest BCUT2D eigenvalue weighted by Crippen LogP contribution is 2.31. The van der Waals surface area contributed by atoms with E-state index in [0.29, 0.717) is 13.0 Å². The minimum atomic E-state index is 0.611. The van der Waals surface area contributed by atoms with Crippen LogP contribution in [-0.2, 0) is 19.4 Å². The van der Waals surface area contributed by atoms with Crippen LogP contribution in [0.2, 0.25) is 0 Å². The first-order valence-corrected chi connectivity index (χ1v) is 8.33. The largest absolute Gasteiger partial charge is 0.398 e. The number of aliphatic imine (C=N–C) groups is 1. The quantitative estimate of drug-likeness (QED) is 0.702. The number of para-hydroxylation sites is 1. The maximum absolute atomic E-state index is 6.06. The SMILES string of the molecule is Nc1ccccc1Cc1nc2c(c(NCc3ccccc3)n1)N=CC2. The standard InChI is InChI=1S/C20H19N5/c21-16-9-5-4-8-15(16)12-18-24-17-10-11-22-19(17)20(25-18)23-13-14-6-2-1-3-7-14/h1-9,11H,10,12-13,21H2,(H,23,24,25). The van der Waals surface area contributed by atoms with Crippen LogP contribution in [0.1, 0.15) is 22.6 Å². The van der Waals surface area contributed by atoms with Gasteiger partial charge < -0.3 is 11.1 Å². The minimum absolute atomic E-state index is 0.611. The van der Waals surface area contributed by atoms with Gasteiger partial charge in [-0.15, -0.1) is 0 Å². The average Bonchev–Trinajstić information content (AvgIpc) is 3.11. The number of nitrogens with two attached hydrogens (primary N) is 1. The summed E-state index contributed by atoms with van der Waals surface area (Å²) in [6, 6.07) is 18.1. The van der Waals surface area contributed by atoms with E-state index in [9.17, 15) is 0 Å². The highest BCUT2D eigenvalue weighted by atomic mass is 15.1. The third kappa shape index (κ3) is 3.35. The van der Waals surface area contributed by atoms with Gasteiger partial charge >= 0.3 is 0 Å². The second-order valence-corrected chi connectivity index (χ2v) is 6.01. The van der Waals surface area contributed by atoms with Crippen LogP contribution >= 0.6 is 0 Å². The zero-order chi connectivity index (χ0) is 17.1. The zero-order valence-electron chi connectivity index (χ0n) is 13.8.